The van der Waals surface area contributed by atoms with Gasteiger partial charge in [-0.3, -0.25) is 4.18 Å². The lowest BCUT2D eigenvalue weighted by molar-refractivity contribution is 0.123. The van der Waals surface area contributed by atoms with Crippen molar-refractivity contribution in [1.82, 2.24) is 0 Å². The van der Waals surface area contributed by atoms with Crippen LogP contribution in [0.4, 0.5) is 0 Å². The molecular weight excluding hydrogens is 376 g/mol. The smallest absolute Gasteiger partial charge is 0.262 e. The Hall–Kier alpha value is -1.56. The summed E-state index contributed by atoms with van der Waals surface area (Å²) in [6.45, 7) is 1.94. The van der Waals surface area contributed by atoms with E-state index in [2.05, 4.69) is 24.3 Å². The quantitative estimate of drug-likeness (QED) is 0.343. The highest BCUT2D eigenvalue weighted by Gasteiger charge is 2.29. The summed E-state index contributed by atoms with van der Waals surface area (Å²) in [5.74, 6) is 1.02. The minimum atomic E-state index is -3.72. The molecule has 0 radical (unpaired) electrons. The van der Waals surface area contributed by atoms with Crippen LogP contribution in [0.2, 0.25) is 0 Å². The van der Waals surface area contributed by atoms with Crippen molar-refractivity contribution in [1.29, 1.82) is 0 Å². The van der Waals surface area contributed by atoms with Crippen molar-refractivity contribution in [2.24, 2.45) is 5.92 Å². The second-order valence-corrected chi connectivity index (χ2v) is 9.57. The molecule has 0 N–H and O–H groups in total. The van der Waals surface area contributed by atoms with E-state index < -0.39 is 10.1 Å². The van der Waals surface area contributed by atoms with Gasteiger partial charge in [0.25, 0.3) is 10.1 Å². The third-order valence-electron chi connectivity index (χ3n) is 4.79. The van der Waals surface area contributed by atoms with Crippen molar-refractivity contribution in [2.75, 3.05) is 5.75 Å². The molecule has 3 rings (SSSR count). The van der Waals surface area contributed by atoms with Crippen molar-refractivity contribution in [2.45, 2.75) is 48.5 Å². The first kappa shape index (κ1) is 20.2. The van der Waals surface area contributed by atoms with Gasteiger partial charge < -0.3 is 0 Å². The molecule has 0 aromatic heterocycles. The van der Waals surface area contributed by atoms with Gasteiger partial charge in [0.1, 0.15) is 0 Å². The summed E-state index contributed by atoms with van der Waals surface area (Å²) >= 11 is 1.78. The largest absolute Gasteiger partial charge is 0.297 e. The van der Waals surface area contributed by atoms with Gasteiger partial charge >= 0.3 is 0 Å². The summed E-state index contributed by atoms with van der Waals surface area (Å²) in [4.78, 5) is 1.47. The van der Waals surface area contributed by atoms with Gasteiger partial charge in [0.15, 0.2) is 0 Å². The molecule has 2 aromatic rings. The number of thioether (sulfide) groups is 1. The fourth-order valence-electron chi connectivity index (χ4n) is 3.28. The molecule has 27 heavy (non-hydrogen) atoms. The van der Waals surface area contributed by atoms with Crippen LogP contribution in [0.25, 0.3) is 0 Å². The predicted octanol–water partition coefficient (Wildman–Crippen LogP) is 5.61. The summed E-state index contributed by atoms with van der Waals surface area (Å²) in [6.07, 6.45) is 7.89. The molecule has 5 heteroatoms. The highest BCUT2D eigenvalue weighted by atomic mass is 32.2. The van der Waals surface area contributed by atoms with Gasteiger partial charge in [0.05, 0.1) is 11.0 Å². The Morgan fingerprint density at radius 1 is 1.04 bits per heavy atom. The Morgan fingerprint density at radius 2 is 1.74 bits per heavy atom. The van der Waals surface area contributed by atoms with E-state index in [1.165, 1.54) is 4.90 Å². The molecule has 0 aliphatic heterocycles. The third-order valence-corrected chi connectivity index (χ3v) is 7.10. The molecule has 0 unspecified atom stereocenters. The normalized spacial score (nSPS) is 20.8. The van der Waals surface area contributed by atoms with E-state index in [0.717, 1.165) is 37.0 Å². The molecule has 3 nitrogen and oxygen atoms in total. The van der Waals surface area contributed by atoms with E-state index >= 15 is 0 Å². The monoisotopic (exact) mass is 402 g/mol. The average Bonchev–Trinajstić information content (AvgIpc) is 2.67. The van der Waals surface area contributed by atoms with Gasteiger partial charge in [0.2, 0.25) is 0 Å². The van der Waals surface area contributed by atoms with E-state index in [1.54, 1.807) is 36.0 Å². The number of hydrogen-bond donors (Lipinski definition) is 0. The molecule has 2 aromatic carbocycles. The summed E-state index contributed by atoms with van der Waals surface area (Å²) in [5, 5.41) is 0. The van der Waals surface area contributed by atoms with E-state index in [1.807, 2.05) is 25.1 Å². The Bertz CT molecular complexity index is 843. The lowest BCUT2D eigenvalue weighted by atomic mass is 9.86. The molecule has 0 spiro atoms. The first-order valence-corrected chi connectivity index (χ1v) is 11.8. The number of benzene rings is 2. The van der Waals surface area contributed by atoms with Crippen molar-refractivity contribution in [3.63, 3.8) is 0 Å². The zero-order valence-corrected chi connectivity index (χ0v) is 17.2. The van der Waals surface area contributed by atoms with Crippen LogP contribution in [0.5, 0.6) is 0 Å². The highest BCUT2D eigenvalue weighted by molar-refractivity contribution is 7.99. The molecule has 0 heterocycles. The summed E-state index contributed by atoms with van der Waals surface area (Å²) < 4.78 is 30.9. The molecule has 0 amide bonds. The minimum absolute atomic E-state index is 0.148. The third kappa shape index (κ3) is 5.96. The SMILES string of the molecule is Cc1ccc(S(=O)(=O)O[C@@H]2CCCC[C@H]2/C=C/CSc2ccccc2)cc1. The average molecular weight is 403 g/mol. The predicted molar refractivity (Wildman–Crippen MR) is 112 cm³/mol. The summed E-state index contributed by atoms with van der Waals surface area (Å²) in [6, 6.07) is 17.1. The van der Waals surface area contributed by atoms with Gasteiger partial charge in [-0.2, -0.15) is 8.42 Å². The molecule has 1 fully saturated rings. The number of aryl methyl sites for hydroxylation is 1. The molecule has 2 atom stereocenters. The van der Waals surface area contributed by atoms with Crippen LogP contribution in [-0.4, -0.2) is 20.3 Å². The van der Waals surface area contributed by atoms with Crippen molar-refractivity contribution in [3.8, 4) is 0 Å². The zero-order valence-electron chi connectivity index (χ0n) is 15.6. The minimum Gasteiger partial charge on any atom is -0.262 e. The van der Waals surface area contributed by atoms with Crippen LogP contribution in [0, 0.1) is 12.8 Å². The fourth-order valence-corrected chi connectivity index (χ4v) is 5.17. The Labute approximate surface area is 167 Å². The van der Waals surface area contributed by atoms with Crippen LogP contribution in [0.1, 0.15) is 31.2 Å². The zero-order chi connectivity index (χ0) is 19.1. The van der Waals surface area contributed by atoms with Crippen LogP contribution in [-0.2, 0) is 14.3 Å². The van der Waals surface area contributed by atoms with Crippen molar-refractivity contribution in [3.05, 3.63) is 72.3 Å². The lowest BCUT2D eigenvalue weighted by Crippen LogP contribution is -2.29. The van der Waals surface area contributed by atoms with Crippen LogP contribution in [0.15, 0.2) is 76.5 Å². The molecule has 0 saturated heterocycles. The van der Waals surface area contributed by atoms with Crippen LogP contribution < -0.4 is 0 Å². The molecule has 1 aliphatic rings. The Balaban J connectivity index is 1.61. The second kappa shape index (κ2) is 9.58. The van der Waals surface area contributed by atoms with Gasteiger partial charge in [-0.25, -0.2) is 0 Å². The molecular formula is C22H26O3S2. The van der Waals surface area contributed by atoms with Gasteiger partial charge in [-0.15, -0.1) is 11.8 Å². The number of rotatable bonds is 7. The van der Waals surface area contributed by atoms with Crippen LogP contribution in [0.3, 0.4) is 0 Å². The standard InChI is InChI=1S/C22H26O3S2/c1-18-13-15-21(16-14-18)27(23,24)25-22-12-6-5-8-19(22)9-7-17-26-20-10-3-2-4-11-20/h2-4,7,9-11,13-16,19,22H,5-6,8,12,17H2,1H3/b9-7+/t19-,22+/m0/s1. The second-order valence-electron chi connectivity index (χ2n) is 6.90. The van der Waals surface area contributed by atoms with Gasteiger partial charge in [-0.1, -0.05) is 60.9 Å². The Morgan fingerprint density at radius 3 is 2.48 bits per heavy atom. The van der Waals surface area contributed by atoms with E-state index in [0.29, 0.717) is 0 Å². The maximum atomic E-state index is 12.6. The van der Waals surface area contributed by atoms with Crippen LogP contribution >= 0.6 is 11.8 Å². The molecule has 144 valence electrons. The lowest BCUT2D eigenvalue weighted by Gasteiger charge is -2.28. The van der Waals surface area contributed by atoms with E-state index in [4.69, 9.17) is 4.18 Å². The first-order valence-electron chi connectivity index (χ1n) is 9.39. The maximum absolute atomic E-state index is 12.6. The van der Waals surface area contributed by atoms with Crippen molar-refractivity contribution < 1.29 is 12.6 Å². The van der Waals surface area contributed by atoms with Gasteiger partial charge in [-0.05, 0) is 44.0 Å². The highest BCUT2D eigenvalue weighted by Crippen LogP contribution is 2.31. The maximum Gasteiger partial charge on any atom is 0.297 e. The summed E-state index contributed by atoms with van der Waals surface area (Å²) in [7, 11) is -3.72. The van der Waals surface area contributed by atoms with Crippen molar-refractivity contribution >= 4 is 21.9 Å². The summed E-state index contributed by atoms with van der Waals surface area (Å²) in [5.41, 5.74) is 1.03. The van der Waals surface area contributed by atoms with E-state index in [9.17, 15) is 8.42 Å². The number of hydrogen-bond acceptors (Lipinski definition) is 4. The molecule has 1 saturated carbocycles. The van der Waals surface area contributed by atoms with E-state index in [-0.39, 0.29) is 16.9 Å². The molecule has 0 bridgehead atoms. The Kier molecular flexibility index (Phi) is 7.16. The first-order chi connectivity index (χ1) is 13.0. The topological polar surface area (TPSA) is 43.4 Å². The van der Waals surface area contributed by atoms with Gasteiger partial charge in [0, 0.05) is 16.6 Å². The molecule has 1 aliphatic carbocycles. The fraction of sp³-hybridized carbons (Fsp3) is 0.364.